The summed E-state index contributed by atoms with van der Waals surface area (Å²) in [6.07, 6.45) is 2.63. The molecule has 2 heterocycles. The van der Waals surface area contributed by atoms with Crippen LogP contribution < -0.4 is 10.6 Å². The summed E-state index contributed by atoms with van der Waals surface area (Å²) in [4.78, 5) is 15.9. The molecule has 1 saturated heterocycles. The zero-order chi connectivity index (χ0) is 12.1. The Morgan fingerprint density at radius 2 is 2.53 bits per heavy atom. The van der Waals surface area contributed by atoms with Crippen molar-refractivity contribution in [2.45, 2.75) is 26.2 Å². The SMILES string of the molecule is Cc1noc(CCNC(=O)[C@H]2CCCNC2)n1. The van der Waals surface area contributed by atoms with Crippen LogP contribution in [0, 0.1) is 12.8 Å². The van der Waals surface area contributed by atoms with Gasteiger partial charge in [-0.25, -0.2) is 0 Å². The molecule has 6 heteroatoms. The molecule has 1 aliphatic heterocycles. The van der Waals surface area contributed by atoms with Gasteiger partial charge in [0.05, 0.1) is 5.92 Å². The summed E-state index contributed by atoms with van der Waals surface area (Å²) in [5.41, 5.74) is 0. The lowest BCUT2D eigenvalue weighted by molar-refractivity contribution is -0.125. The van der Waals surface area contributed by atoms with Crippen molar-refractivity contribution in [3.63, 3.8) is 0 Å². The summed E-state index contributed by atoms with van der Waals surface area (Å²) in [7, 11) is 0. The van der Waals surface area contributed by atoms with E-state index in [0.29, 0.717) is 24.7 Å². The maximum Gasteiger partial charge on any atom is 0.228 e. The van der Waals surface area contributed by atoms with Crippen LogP contribution in [-0.2, 0) is 11.2 Å². The van der Waals surface area contributed by atoms with Crippen molar-refractivity contribution in [2.24, 2.45) is 5.92 Å². The average Bonchev–Trinajstić information content (AvgIpc) is 2.76. The van der Waals surface area contributed by atoms with Gasteiger partial charge in [0.25, 0.3) is 0 Å². The van der Waals surface area contributed by atoms with E-state index in [-0.39, 0.29) is 11.8 Å². The van der Waals surface area contributed by atoms with Crippen LogP contribution in [0.1, 0.15) is 24.6 Å². The van der Waals surface area contributed by atoms with Crippen molar-refractivity contribution >= 4 is 5.91 Å². The molecule has 0 aliphatic carbocycles. The fourth-order valence-electron chi connectivity index (χ4n) is 1.95. The molecule has 1 fully saturated rings. The molecular weight excluding hydrogens is 220 g/mol. The maximum absolute atomic E-state index is 11.8. The van der Waals surface area contributed by atoms with Crippen molar-refractivity contribution in [1.82, 2.24) is 20.8 Å². The van der Waals surface area contributed by atoms with E-state index in [9.17, 15) is 4.79 Å². The van der Waals surface area contributed by atoms with Gasteiger partial charge in [-0.15, -0.1) is 0 Å². The number of aryl methyl sites for hydroxylation is 1. The lowest BCUT2D eigenvalue weighted by Gasteiger charge is -2.21. The summed E-state index contributed by atoms with van der Waals surface area (Å²) < 4.78 is 4.97. The first kappa shape index (κ1) is 12.0. The van der Waals surface area contributed by atoms with Crippen molar-refractivity contribution in [1.29, 1.82) is 0 Å². The third kappa shape index (κ3) is 3.52. The molecule has 0 bridgehead atoms. The van der Waals surface area contributed by atoms with Crippen LogP contribution in [0.2, 0.25) is 0 Å². The van der Waals surface area contributed by atoms with Crippen molar-refractivity contribution < 1.29 is 9.32 Å². The lowest BCUT2D eigenvalue weighted by Crippen LogP contribution is -2.41. The number of carbonyl (C=O) groups excluding carboxylic acids is 1. The van der Waals surface area contributed by atoms with Crippen LogP contribution >= 0.6 is 0 Å². The molecule has 1 amide bonds. The zero-order valence-electron chi connectivity index (χ0n) is 10.0. The van der Waals surface area contributed by atoms with Crippen LogP contribution in [0.3, 0.4) is 0 Å². The number of hydrogen-bond acceptors (Lipinski definition) is 5. The molecule has 2 rings (SSSR count). The van der Waals surface area contributed by atoms with Crippen LogP contribution in [0.4, 0.5) is 0 Å². The van der Waals surface area contributed by atoms with Gasteiger partial charge < -0.3 is 15.2 Å². The highest BCUT2D eigenvalue weighted by Crippen LogP contribution is 2.09. The summed E-state index contributed by atoms with van der Waals surface area (Å²) in [6, 6.07) is 0. The van der Waals surface area contributed by atoms with E-state index < -0.39 is 0 Å². The molecule has 0 saturated carbocycles. The Morgan fingerprint density at radius 1 is 1.65 bits per heavy atom. The first-order chi connectivity index (χ1) is 8.25. The van der Waals surface area contributed by atoms with E-state index in [4.69, 9.17) is 4.52 Å². The molecule has 6 nitrogen and oxygen atoms in total. The molecule has 0 radical (unpaired) electrons. The number of aromatic nitrogens is 2. The van der Waals surface area contributed by atoms with Crippen LogP contribution in [0.25, 0.3) is 0 Å². The Balaban J connectivity index is 1.69. The van der Waals surface area contributed by atoms with Gasteiger partial charge in [0.2, 0.25) is 11.8 Å². The molecule has 1 aliphatic rings. The zero-order valence-corrected chi connectivity index (χ0v) is 10.0. The molecular formula is C11H18N4O2. The Kier molecular flexibility index (Phi) is 4.08. The largest absolute Gasteiger partial charge is 0.355 e. The Labute approximate surface area is 100 Å². The molecule has 2 N–H and O–H groups in total. The molecule has 0 spiro atoms. The predicted octanol–water partition coefficient (Wildman–Crippen LogP) is 0.0363. The quantitative estimate of drug-likeness (QED) is 0.774. The Morgan fingerprint density at radius 3 is 3.18 bits per heavy atom. The summed E-state index contributed by atoms with van der Waals surface area (Å²) in [5, 5.41) is 9.82. The number of rotatable bonds is 4. The fraction of sp³-hybridized carbons (Fsp3) is 0.727. The normalized spacial score (nSPS) is 20.2. The summed E-state index contributed by atoms with van der Waals surface area (Å²) in [5.74, 6) is 1.42. The van der Waals surface area contributed by atoms with Gasteiger partial charge in [-0.1, -0.05) is 5.16 Å². The second kappa shape index (κ2) is 5.77. The lowest BCUT2D eigenvalue weighted by atomic mass is 9.99. The van der Waals surface area contributed by atoms with Crippen LogP contribution in [0.15, 0.2) is 4.52 Å². The average molecular weight is 238 g/mol. The molecule has 17 heavy (non-hydrogen) atoms. The van der Waals surface area contributed by atoms with Gasteiger partial charge in [-0.05, 0) is 26.3 Å². The van der Waals surface area contributed by atoms with Gasteiger partial charge in [-0.3, -0.25) is 4.79 Å². The highest BCUT2D eigenvalue weighted by molar-refractivity contribution is 5.78. The van der Waals surface area contributed by atoms with E-state index >= 15 is 0 Å². The molecule has 1 aromatic rings. The second-order valence-corrected chi connectivity index (χ2v) is 4.32. The van der Waals surface area contributed by atoms with Gasteiger partial charge in [-0.2, -0.15) is 4.98 Å². The summed E-state index contributed by atoms with van der Waals surface area (Å²) >= 11 is 0. The Hall–Kier alpha value is -1.43. The number of piperidine rings is 1. The number of nitrogens with zero attached hydrogens (tertiary/aromatic N) is 2. The predicted molar refractivity (Wildman–Crippen MR) is 61.3 cm³/mol. The highest BCUT2D eigenvalue weighted by atomic mass is 16.5. The Bertz CT molecular complexity index is 371. The number of hydrogen-bond donors (Lipinski definition) is 2. The smallest absolute Gasteiger partial charge is 0.228 e. The van der Waals surface area contributed by atoms with E-state index in [1.54, 1.807) is 6.92 Å². The molecule has 1 aromatic heterocycles. The summed E-state index contributed by atoms with van der Waals surface area (Å²) in [6.45, 7) is 4.13. The first-order valence-corrected chi connectivity index (χ1v) is 6.03. The van der Waals surface area contributed by atoms with Gasteiger partial charge >= 0.3 is 0 Å². The monoisotopic (exact) mass is 238 g/mol. The minimum absolute atomic E-state index is 0.105. The van der Waals surface area contributed by atoms with Crippen molar-refractivity contribution in [2.75, 3.05) is 19.6 Å². The third-order valence-corrected chi connectivity index (χ3v) is 2.88. The van der Waals surface area contributed by atoms with E-state index in [0.717, 1.165) is 25.9 Å². The van der Waals surface area contributed by atoms with Gasteiger partial charge in [0.1, 0.15) is 0 Å². The highest BCUT2D eigenvalue weighted by Gasteiger charge is 2.20. The van der Waals surface area contributed by atoms with Crippen molar-refractivity contribution in [3.05, 3.63) is 11.7 Å². The topological polar surface area (TPSA) is 80.0 Å². The van der Waals surface area contributed by atoms with E-state index in [2.05, 4.69) is 20.8 Å². The third-order valence-electron chi connectivity index (χ3n) is 2.88. The fourth-order valence-corrected chi connectivity index (χ4v) is 1.95. The van der Waals surface area contributed by atoms with Gasteiger partial charge in [0.15, 0.2) is 5.82 Å². The van der Waals surface area contributed by atoms with Crippen LogP contribution in [-0.4, -0.2) is 35.7 Å². The molecule has 94 valence electrons. The standard InChI is InChI=1S/C11H18N4O2/c1-8-14-10(17-15-8)4-6-13-11(16)9-3-2-5-12-7-9/h9,12H,2-7H2,1H3,(H,13,16)/t9-/m0/s1. The minimum atomic E-state index is 0.105. The number of nitrogens with one attached hydrogen (secondary N) is 2. The first-order valence-electron chi connectivity index (χ1n) is 6.03. The van der Waals surface area contributed by atoms with Crippen molar-refractivity contribution in [3.8, 4) is 0 Å². The molecule has 0 aromatic carbocycles. The molecule has 1 atom stereocenters. The maximum atomic E-state index is 11.8. The minimum Gasteiger partial charge on any atom is -0.355 e. The number of amides is 1. The van der Waals surface area contributed by atoms with E-state index in [1.807, 2.05) is 0 Å². The molecule has 0 unspecified atom stereocenters. The number of carbonyl (C=O) groups is 1. The van der Waals surface area contributed by atoms with Crippen LogP contribution in [0.5, 0.6) is 0 Å². The second-order valence-electron chi connectivity index (χ2n) is 4.32. The van der Waals surface area contributed by atoms with E-state index in [1.165, 1.54) is 0 Å². The van der Waals surface area contributed by atoms with Gasteiger partial charge in [0, 0.05) is 19.5 Å².